The normalized spacial score (nSPS) is 13.6. The fourth-order valence-electron chi connectivity index (χ4n) is 4.27. The SMILES string of the molecule is NC(N)=NCCCC(N)C(=O)NC(Cc1c[nH]c2ccccc12)C(=O)NC(CCC(=O)O)C(=O)NC(CCC(=O)O)C(=O)O. The van der Waals surface area contributed by atoms with Crippen molar-refractivity contribution in [3.05, 3.63) is 36.0 Å². The van der Waals surface area contributed by atoms with Crippen LogP contribution in [0.5, 0.6) is 0 Å². The maximum absolute atomic E-state index is 13.5. The summed E-state index contributed by atoms with van der Waals surface area (Å²) in [7, 11) is 0. The van der Waals surface area contributed by atoms with Crippen LogP contribution in [-0.2, 0) is 35.2 Å². The number of carbonyl (C=O) groups excluding carboxylic acids is 3. The van der Waals surface area contributed by atoms with Crippen molar-refractivity contribution in [2.24, 2.45) is 22.2 Å². The minimum atomic E-state index is -1.61. The summed E-state index contributed by atoms with van der Waals surface area (Å²) < 4.78 is 0. The number of aromatic amines is 1. The summed E-state index contributed by atoms with van der Waals surface area (Å²) in [4.78, 5) is 80.2. The Morgan fingerprint density at radius 3 is 1.98 bits per heavy atom. The number of para-hydroxylation sites is 1. The van der Waals surface area contributed by atoms with Gasteiger partial charge in [0.2, 0.25) is 17.7 Å². The summed E-state index contributed by atoms with van der Waals surface area (Å²) in [6.45, 7) is 0.229. The highest BCUT2D eigenvalue weighted by Crippen LogP contribution is 2.19. The summed E-state index contributed by atoms with van der Waals surface area (Å²) in [6, 6.07) is 1.75. The lowest BCUT2D eigenvalue weighted by Gasteiger charge is -2.25. The minimum absolute atomic E-state index is 0.0497. The van der Waals surface area contributed by atoms with Gasteiger partial charge in [0.05, 0.1) is 6.04 Å². The maximum atomic E-state index is 13.5. The van der Waals surface area contributed by atoms with Gasteiger partial charge >= 0.3 is 17.9 Å². The molecule has 3 amide bonds. The van der Waals surface area contributed by atoms with Crippen LogP contribution in [-0.4, -0.2) is 92.6 Å². The molecule has 0 aliphatic rings. The molecule has 0 fully saturated rings. The van der Waals surface area contributed by atoms with E-state index in [-0.39, 0.29) is 25.3 Å². The second kappa shape index (κ2) is 17.1. The molecule has 17 nitrogen and oxygen atoms in total. The Morgan fingerprint density at radius 1 is 0.795 bits per heavy atom. The molecular formula is C27H38N8O9. The average Bonchev–Trinajstić information content (AvgIpc) is 3.36. The van der Waals surface area contributed by atoms with E-state index in [2.05, 4.69) is 25.9 Å². The van der Waals surface area contributed by atoms with Crippen LogP contribution in [0.15, 0.2) is 35.5 Å². The van der Waals surface area contributed by atoms with Gasteiger partial charge in [-0.15, -0.1) is 0 Å². The van der Waals surface area contributed by atoms with E-state index in [1.54, 1.807) is 18.3 Å². The van der Waals surface area contributed by atoms with Gasteiger partial charge in [0, 0.05) is 42.9 Å². The number of carboxylic acid groups (broad SMARTS) is 3. The van der Waals surface area contributed by atoms with Crippen LogP contribution < -0.4 is 33.2 Å². The first-order valence-electron chi connectivity index (χ1n) is 13.7. The number of amides is 3. The number of nitrogens with zero attached hydrogens (tertiary/aromatic N) is 1. The molecule has 4 unspecified atom stereocenters. The smallest absolute Gasteiger partial charge is 0.326 e. The third-order valence-corrected chi connectivity index (χ3v) is 6.58. The van der Waals surface area contributed by atoms with Gasteiger partial charge in [-0.3, -0.25) is 29.0 Å². The van der Waals surface area contributed by atoms with Crippen molar-refractivity contribution in [3.8, 4) is 0 Å². The van der Waals surface area contributed by atoms with E-state index in [1.165, 1.54) is 0 Å². The number of carboxylic acids is 3. The average molecular weight is 619 g/mol. The number of hydrogen-bond donors (Lipinski definition) is 10. The van der Waals surface area contributed by atoms with E-state index < -0.39 is 85.5 Å². The van der Waals surface area contributed by atoms with Crippen molar-refractivity contribution in [2.75, 3.05) is 6.54 Å². The molecule has 0 aliphatic heterocycles. The van der Waals surface area contributed by atoms with E-state index in [0.717, 1.165) is 10.9 Å². The molecule has 0 bridgehead atoms. The third-order valence-electron chi connectivity index (χ3n) is 6.58. The van der Waals surface area contributed by atoms with Crippen molar-refractivity contribution in [1.29, 1.82) is 0 Å². The monoisotopic (exact) mass is 618 g/mol. The van der Waals surface area contributed by atoms with E-state index in [4.69, 9.17) is 22.3 Å². The van der Waals surface area contributed by atoms with E-state index >= 15 is 0 Å². The van der Waals surface area contributed by atoms with Gasteiger partial charge in [0.25, 0.3) is 0 Å². The zero-order valence-electron chi connectivity index (χ0n) is 23.8. The zero-order valence-corrected chi connectivity index (χ0v) is 23.8. The van der Waals surface area contributed by atoms with Gasteiger partial charge in [0.1, 0.15) is 18.1 Å². The summed E-state index contributed by atoms with van der Waals surface area (Å²) in [5.74, 6) is -6.77. The van der Waals surface area contributed by atoms with Crippen LogP contribution in [0.4, 0.5) is 0 Å². The quantitative estimate of drug-likeness (QED) is 0.0481. The van der Waals surface area contributed by atoms with Crippen LogP contribution in [0.2, 0.25) is 0 Å². The molecule has 0 aliphatic carbocycles. The lowest BCUT2D eigenvalue weighted by Crippen LogP contribution is -2.57. The first kappa shape index (κ1) is 35.0. The lowest BCUT2D eigenvalue weighted by molar-refractivity contribution is -0.144. The van der Waals surface area contributed by atoms with Gasteiger partial charge < -0.3 is 53.5 Å². The van der Waals surface area contributed by atoms with Crippen molar-refractivity contribution in [1.82, 2.24) is 20.9 Å². The number of fused-ring (bicyclic) bond motifs is 1. The number of rotatable bonds is 19. The molecule has 1 aromatic carbocycles. The van der Waals surface area contributed by atoms with Crippen LogP contribution in [0.1, 0.15) is 44.1 Å². The number of H-pyrrole nitrogens is 1. The van der Waals surface area contributed by atoms with Crippen molar-refractivity contribution in [3.63, 3.8) is 0 Å². The van der Waals surface area contributed by atoms with Gasteiger partial charge in [-0.1, -0.05) is 18.2 Å². The molecule has 2 aromatic rings. The molecule has 13 N–H and O–H groups in total. The number of hydrogen-bond acceptors (Lipinski definition) is 8. The Balaban J connectivity index is 2.28. The second-order valence-electron chi connectivity index (χ2n) is 10.0. The number of aliphatic imine (C=N–C) groups is 1. The number of benzene rings is 1. The number of nitrogens with two attached hydrogens (primary N) is 3. The minimum Gasteiger partial charge on any atom is -0.481 e. The van der Waals surface area contributed by atoms with E-state index in [9.17, 15) is 39.0 Å². The fourth-order valence-corrected chi connectivity index (χ4v) is 4.27. The summed E-state index contributed by atoms with van der Waals surface area (Å²) in [6.07, 6.45) is 0.162. The maximum Gasteiger partial charge on any atom is 0.326 e. The van der Waals surface area contributed by atoms with Crippen molar-refractivity contribution < 1.29 is 44.1 Å². The first-order chi connectivity index (χ1) is 20.8. The predicted molar refractivity (Wildman–Crippen MR) is 157 cm³/mol. The van der Waals surface area contributed by atoms with Crippen LogP contribution >= 0.6 is 0 Å². The first-order valence-corrected chi connectivity index (χ1v) is 13.7. The molecular weight excluding hydrogens is 580 g/mol. The molecule has 0 radical (unpaired) electrons. The van der Waals surface area contributed by atoms with Gasteiger partial charge in [-0.2, -0.15) is 0 Å². The number of aliphatic carboxylic acids is 3. The molecule has 1 aromatic heterocycles. The molecule has 17 heteroatoms. The Bertz CT molecular complexity index is 1370. The molecule has 0 saturated carbocycles. The predicted octanol–water partition coefficient (Wildman–Crippen LogP) is -1.64. The lowest BCUT2D eigenvalue weighted by atomic mass is 10.0. The Morgan fingerprint density at radius 2 is 1.36 bits per heavy atom. The van der Waals surface area contributed by atoms with Crippen molar-refractivity contribution >= 4 is 52.5 Å². The Labute approximate surface area is 251 Å². The number of guanidine groups is 1. The van der Waals surface area contributed by atoms with Gasteiger partial charge in [0.15, 0.2) is 5.96 Å². The van der Waals surface area contributed by atoms with E-state index in [1.807, 2.05) is 12.1 Å². The van der Waals surface area contributed by atoms with Gasteiger partial charge in [-0.25, -0.2) is 4.79 Å². The Kier molecular flexibility index (Phi) is 13.6. The highest BCUT2D eigenvalue weighted by Gasteiger charge is 2.31. The molecule has 1 heterocycles. The molecule has 240 valence electrons. The summed E-state index contributed by atoms with van der Waals surface area (Å²) in [5, 5.41) is 35.4. The van der Waals surface area contributed by atoms with Crippen LogP contribution in [0.25, 0.3) is 10.9 Å². The van der Waals surface area contributed by atoms with Gasteiger partial charge in [-0.05, 0) is 37.3 Å². The largest absolute Gasteiger partial charge is 0.481 e. The van der Waals surface area contributed by atoms with Crippen LogP contribution in [0.3, 0.4) is 0 Å². The van der Waals surface area contributed by atoms with Crippen molar-refractivity contribution in [2.45, 2.75) is 69.1 Å². The summed E-state index contributed by atoms with van der Waals surface area (Å²) >= 11 is 0. The summed E-state index contributed by atoms with van der Waals surface area (Å²) in [5.41, 5.74) is 18.0. The van der Waals surface area contributed by atoms with E-state index in [0.29, 0.717) is 12.0 Å². The molecule has 44 heavy (non-hydrogen) atoms. The zero-order chi connectivity index (χ0) is 32.8. The highest BCUT2D eigenvalue weighted by atomic mass is 16.4. The fraction of sp³-hybridized carbons (Fsp3) is 0.444. The standard InChI is InChI=1S/C27H38N8O9/c28-16(5-3-11-31-27(29)30)23(40)35-20(12-14-13-32-17-6-2-1-4-15(14)17)25(42)33-18(7-9-21(36)37)24(41)34-19(26(43)44)8-10-22(38)39/h1-2,4,6,13,16,18-20,32H,3,5,7-12,28H2,(H,33,42)(H,34,41)(H,35,40)(H,36,37)(H,38,39)(H,43,44)(H4,29,30,31). The molecule has 4 atom stereocenters. The topological polar surface area (TPSA) is 305 Å². The number of carbonyl (C=O) groups is 6. The molecule has 0 saturated heterocycles. The number of aromatic nitrogens is 1. The Hall–Kier alpha value is -5.19. The molecule has 0 spiro atoms. The molecule has 2 rings (SSSR count). The third kappa shape index (κ3) is 11.6. The van der Waals surface area contributed by atoms with Crippen LogP contribution in [0, 0.1) is 0 Å². The highest BCUT2D eigenvalue weighted by molar-refractivity contribution is 5.95. The second-order valence-corrected chi connectivity index (χ2v) is 10.0. The number of nitrogens with one attached hydrogen (secondary N) is 4.